The molecule has 1 saturated carbocycles. The first-order valence-corrected chi connectivity index (χ1v) is 5.50. The molecular formula is C9H12N2O2S. The van der Waals surface area contributed by atoms with Crippen LogP contribution in [0.25, 0.3) is 0 Å². The van der Waals surface area contributed by atoms with Crippen LogP contribution in [0.5, 0.6) is 0 Å². The van der Waals surface area contributed by atoms with Gasteiger partial charge in [0.25, 0.3) is 0 Å². The monoisotopic (exact) mass is 212 g/mol. The summed E-state index contributed by atoms with van der Waals surface area (Å²) in [5.41, 5.74) is 0.662. The van der Waals surface area contributed by atoms with Gasteiger partial charge < -0.3 is 10.4 Å². The maximum atomic E-state index is 10.4. The number of carbonyl (C=O) groups is 1. The van der Waals surface area contributed by atoms with Crippen LogP contribution >= 0.6 is 11.3 Å². The molecule has 76 valence electrons. The molecule has 0 aromatic carbocycles. The third-order valence-corrected chi connectivity index (χ3v) is 2.95. The smallest absolute Gasteiger partial charge is 0.309 e. The first-order valence-electron chi connectivity index (χ1n) is 4.62. The first kappa shape index (κ1) is 9.61. The standard InChI is InChI=1S/C9H12N2O2S/c12-9(13)3-7-5-14-8(11-7)4-10-6-1-2-6/h5-6,10H,1-4H2,(H,12,13). The van der Waals surface area contributed by atoms with Crippen molar-refractivity contribution in [3.8, 4) is 0 Å². The lowest BCUT2D eigenvalue weighted by Crippen LogP contribution is -2.15. The van der Waals surface area contributed by atoms with Gasteiger partial charge in [-0.05, 0) is 12.8 Å². The minimum absolute atomic E-state index is 0.0277. The molecule has 2 rings (SSSR count). The van der Waals surface area contributed by atoms with Gasteiger partial charge in [-0.3, -0.25) is 4.79 Å². The average Bonchev–Trinajstić information content (AvgIpc) is 2.84. The van der Waals surface area contributed by atoms with Gasteiger partial charge in [-0.15, -0.1) is 11.3 Å². The molecule has 14 heavy (non-hydrogen) atoms. The highest BCUT2D eigenvalue weighted by molar-refractivity contribution is 7.09. The van der Waals surface area contributed by atoms with E-state index in [9.17, 15) is 4.79 Å². The number of carboxylic acid groups (broad SMARTS) is 1. The molecule has 1 fully saturated rings. The second-order valence-corrected chi connectivity index (χ2v) is 4.40. The Labute approximate surface area is 86.0 Å². The fraction of sp³-hybridized carbons (Fsp3) is 0.556. The summed E-state index contributed by atoms with van der Waals surface area (Å²) in [6.07, 6.45) is 2.54. The zero-order valence-corrected chi connectivity index (χ0v) is 8.51. The largest absolute Gasteiger partial charge is 0.481 e. The summed E-state index contributed by atoms with van der Waals surface area (Å²) in [6.45, 7) is 0.773. The molecule has 0 bridgehead atoms. The number of aliphatic carboxylic acids is 1. The molecule has 1 aliphatic rings. The molecule has 2 N–H and O–H groups in total. The van der Waals surface area contributed by atoms with E-state index in [2.05, 4.69) is 10.3 Å². The Hall–Kier alpha value is -0.940. The number of nitrogens with zero attached hydrogens (tertiary/aromatic N) is 1. The molecule has 1 aromatic rings. The van der Waals surface area contributed by atoms with Gasteiger partial charge in [0.15, 0.2) is 0 Å². The summed E-state index contributed by atoms with van der Waals surface area (Å²) in [5, 5.41) is 14.7. The Morgan fingerprint density at radius 3 is 3.14 bits per heavy atom. The number of nitrogens with one attached hydrogen (secondary N) is 1. The van der Waals surface area contributed by atoms with Gasteiger partial charge in [-0.2, -0.15) is 0 Å². The summed E-state index contributed by atoms with van der Waals surface area (Å²) in [7, 11) is 0. The molecule has 4 nitrogen and oxygen atoms in total. The van der Waals surface area contributed by atoms with Gasteiger partial charge in [0, 0.05) is 18.0 Å². The van der Waals surface area contributed by atoms with Crippen molar-refractivity contribution in [1.29, 1.82) is 0 Å². The van der Waals surface area contributed by atoms with E-state index in [1.165, 1.54) is 24.2 Å². The SMILES string of the molecule is O=C(O)Cc1csc(CNC2CC2)n1. The van der Waals surface area contributed by atoms with Crippen molar-refractivity contribution in [1.82, 2.24) is 10.3 Å². The highest BCUT2D eigenvalue weighted by Crippen LogP contribution is 2.20. The summed E-state index contributed by atoms with van der Waals surface area (Å²) in [4.78, 5) is 14.6. The second kappa shape index (κ2) is 4.06. The fourth-order valence-corrected chi connectivity index (χ4v) is 1.93. The van der Waals surface area contributed by atoms with Gasteiger partial charge in [-0.1, -0.05) is 0 Å². The lowest BCUT2D eigenvalue weighted by atomic mass is 10.3. The van der Waals surface area contributed by atoms with E-state index in [4.69, 9.17) is 5.11 Å². The number of carboxylic acids is 1. The maximum absolute atomic E-state index is 10.4. The summed E-state index contributed by atoms with van der Waals surface area (Å²) in [6, 6.07) is 0.668. The third-order valence-electron chi connectivity index (χ3n) is 2.05. The molecule has 0 unspecified atom stereocenters. The molecule has 1 aromatic heterocycles. The Morgan fingerprint density at radius 2 is 2.50 bits per heavy atom. The van der Waals surface area contributed by atoms with Crippen molar-refractivity contribution in [2.45, 2.75) is 31.8 Å². The average molecular weight is 212 g/mol. The van der Waals surface area contributed by atoms with Crippen LogP contribution in [0.3, 0.4) is 0 Å². The molecule has 0 spiro atoms. The van der Waals surface area contributed by atoms with Crippen LogP contribution in [-0.2, 0) is 17.8 Å². The second-order valence-electron chi connectivity index (χ2n) is 3.46. The van der Waals surface area contributed by atoms with E-state index >= 15 is 0 Å². The fourth-order valence-electron chi connectivity index (χ4n) is 1.19. The van der Waals surface area contributed by atoms with Crippen LogP contribution in [0.15, 0.2) is 5.38 Å². The molecular weight excluding hydrogens is 200 g/mol. The topological polar surface area (TPSA) is 62.2 Å². The molecule has 0 radical (unpaired) electrons. The molecule has 0 saturated heterocycles. The summed E-state index contributed by atoms with van der Waals surface area (Å²) < 4.78 is 0. The lowest BCUT2D eigenvalue weighted by Gasteiger charge is -1.96. The van der Waals surface area contributed by atoms with Crippen molar-refractivity contribution in [3.63, 3.8) is 0 Å². The van der Waals surface area contributed by atoms with Crippen LogP contribution in [0, 0.1) is 0 Å². The van der Waals surface area contributed by atoms with Crippen molar-refractivity contribution in [2.75, 3.05) is 0 Å². The van der Waals surface area contributed by atoms with Crippen LogP contribution in [0.1, 0.15) is 23.5 Å². The highest BCUT2D eigenvalue weighted by atomic mass is 32.1. The minimum atomic E-state index is -0.822. The van der Waals surface area contributed by atoms with Gasteiger partial charge >= 0.3 is 5.97 Å². The van der Waals surface area contributed by atoms with E-state index in [0.29, 0.717) is 11.7 Å². The van der Waals surface area contributed by atoms with Crippen LogP contribution < -0.4 is 5.32 Å². The number of rotatable bonds is 5. The van der Waals surface area contributed by atoms with Crippen LogP contribution in [0.4, 0.5) is 0 Å². The van der Waals surface area contributed by atoms with Crippen molar-refractivity contribution in [3.05, 3.63) is 16.1 Å². The van der Waals surface area contributed by atoms with Crippen LogP contribution in [0.2, 0.25) is 0 Å². The molecule has 0 amide bonds. The Bertz CT molecular complexity index is 333. The normalized spacial score (nSPS) is 15.7. The zero-order valence-electron chi connectivity index (χ0n) is 7.69. The van der Waals surface area contributed by atoms with E-state index in [1.54, 1.807) is 0 Å². The summed E-state index contributed by atoms with van der Waals surface area (Å²) in [5.74, 6) is -0.822. The Kier molecular flexibility index (Phi) is 2.79. The summed E-state index contributed by atoms with van der Waals surface area (Å²) >= 11 is 1.52. The number of hydrogen-bond acceptors (Lipinski definition) is 4. The quantitative estimate of drug-likeness (QED) is 0.765. The third kappa shape index (κ3) is 2.78. The van der Waals surface area contributed by atoms with E-state index in [0.717, 1.165) is 11.6 Å². The molecule has 5 heteroatoms. The predicted octanol–water partition coefficient (Wildman–Crippen LogP) is 1.02. The number of hydrogen-bond donors (Lipinski definition) is 2. The number of thiazole rings is 1. The highest BCUT2D eigenvalue weighted by Gasteiger charge is 2.20. The molecule has 0 atom stereocenters. The van der Waals surface area contributed by atoms with Crippen LogP contribution in [-0.4, -0.2) is 22.1 Å². The number of aromatic nitrogens is 1. The van der Waals surface area contributed by atoms with Gasteiger partial charge in [0.05, 0.1) is 12.1 Å². The lowest BCUT2D eigenvalue weighted by molar-refractivity contribution is -0.136. The Morgan fingerprint density at radius 1 is 1.71 bits per heavy atom. The molecule has 1 heterocycles. The van der Waals surface area contributed by atoms with Crippen molar-refractivity contribution < 1.29 is 9.90 Å². The van der Waals surface area contributed by atoms with Gasteiger partial charge in [-0.25, -0.2) is 4.98 Å². The van der Waals surface area contributed by atoms with Gasteiger partial charge in [0.2, 0.25) is 0 Å². The Balaban J connectivity index is 1.84. The maximum Gasteiger partial charge on any atom is 0.309 e. The first-order chi connectivity index (χ1) is 6.74. The molecule has 0 aliphatic heterocycles. The van der Waals surface area contributed by atoms with Gasteiger partial charge in [0.1, 0.15) is 5.01 Å². The van der Waals surface area contributed by atoms with E-state index in [1.807, 2.05) is 5.38 Å². The predicted molar refractivity (Wildman–Crippen MR) is 53.3 cm³/mol. The minimum Gasteiger partial charge on any atom is -0.481 e. The van der Waals surface area contributed by atoms with E-state index < -0.39 is 5.97 Å². The van der Waals surface area contributed by atoms with E-state index in [-0.39, 0.29) is 6.42 Å². The van der Waals surface area contributed by atoms with Crippen molar-refractivity contribution in [2.24, 2.45) is 0 Å². The zero-order chi connectivity index (χ0) is 9.97. The van der Waals surface area contributed by atoms with Crippen molar-refractivity contribution >= 4 is 17.3 Å². The molecule has 1 aliphatic carbocycles.